The molecule has 0 N–H and O–H groups in total. The number of hydrogen-bond acceptors (Lipinski definition) is 1. The maximum atomic E-state index is 10.4. The molecule has 0 aliphatic heterocycles. The fourth-order valence-electron chi connectivity index (χ4n) is 0.632. The summed E-state index contributed by atoms with van der Waals surface area (Å²) in [4.78, 5) is 10.4. The summed E-state index contributed by atoms with van der Waals surface area (Å²) in [5, 5.41) is 0. The quantitative estimate of drug-likeness (QED) is 0.407. The van der Waals surface area contributed by atoms with Crippen molar-refractivity contribution in [3.8, 4) is 0 Å². The second-order valence-corrected chi connectivity index (χ2v) is 2.00. The first-order chi connectivity index (χ1) is 4.16. The predicted octanol–water partition coefficient (Wildman–Crippen LogP) is 2.10. The molecule has 0 bridgehead atoms. The molecule has 9 heavy (non-hydrogen) atoms. The second kappa shape index (κ2) is 4.07. The van der Waals surface area contributed by atoms with Gasteiger partial charge in [-0.3, -0.25) is 4.79 Å². The Kier molecular flexibility index (Phi) is 3.69. The van der Waals surface area contributed by atoms with Crippen molar-refractivity contribution in [3.63, 3.8) is 0 Å². The van der Waals surface area contributed by atoms with Crippen molar-refractivity contribution in [3.05, 3.63) is 23.8 Å². The van der Waals surface area contributed by atoms with Crippen molar-refractivity contribution >= 4 is 5.78 Å². The van der Waals surface area contributed by atoms with Crippen LogP contribution in [0.1, 0.15) is 20.8 Å². The van der Waals surface area contributed by atoms with Crippen LogP contribution in [0.3, 0.4) is 0 Å². The average Bonchev–Trinajstić information content (AvgIpc) is 1.63. The number of rotatable bonds is 2. The van der Waals surface area contributed by atoms with Crippen LogP contribution in [0.4, 0.5) is 0 Å². The molecule has 0 saturated heterocycles. The van der Waals surface area contributed by atoms with E-state index in [4.69, 9.17) is 0 Å². The Labute approximate surface area is 56.1 Å². The van der Waals surface area contributed by atoms with E-state index in [1.165, 1.54) is 0 Å². The van der Waals surface area contributed by atoms with E-state index >= 15 is 0 Å². The minimum absolute atomic E-state index is 0.102. The topological polar surface area (TPSA) is 17.1 Å². The van der Waals surface area contributed by atoms with Crippen molar-refractivity contribution in [2.24, 2.45) is 0 Å². The van der Waals surface area contributed by atoms with Crippen LogP contribution >= 0.6 is 0 Å². The Morgan fingerprint density at radius 2 is 1.89 bits per heavy atom. The van der Waals surface area contributed by atoms with Crippen LogP contribution in [-0.2, 0) is 4.79 Å². The summed E-state index contributed by atoms with van der Waals surface area (Å²) in [5.41, 5.74) is 1.00. The smallest absolute Gasteiger partial charge is 0.152 e. The van der Waals surface area contributed by atoms with Crippen molar-refractivity contribution in [1.29, 1.82) is 0 Å². The first-order valence-electron chi connectivity index (χ1n) is 2.98. The minimum Gasteiger partial charge on any atom is -0.295 e. The zero-order chi connectivity index (χ0) is 7.28. The van der Waals surface area contributed by atoms with Crippen LogP contribution in [0.5, 0.6) is 0 Å². The molecule has 0 fully saturated rings. The fourth-order valence-corrected chi connectivity index (χ4v) is 0.632. The first kappa shape index (κ1) is 8.15. The normalized spacial score (nSPS) is 12.6. The van der Waals surface area contributed by atoms with Crippen molar-refractivity contribution in [2.45, 2.75) is 20.8 Å². The molecule has 0 amide bonds. The van der Waals surface area contributed by atoms with E-state index in [1.807, 2.05) is 26.0 Å². The van der Waals surface area contributed by atoms with Gasteiger partial charge < -0.3 is 0 Å². The van der Waals surface area contributed by atoms with E-state index in [-0.39, 0.29) is 5.78 Å². The zero-order valence-corrected chi connectivity index (χ0v) is 6.14. The van der Waals surface area contributed by atoms with Crippen LogP contribution in [0.15, 0.2) is 23.8 Å². The number of carbonyl (C=O) groups excluding carboxylic acids is 1. The van der Waals surface area contributed by atoms with Gasteiger partial charge in [-0.1, -0.05) is 12.2 Å². The summed E-state index contributed by atoms with van der Waals surface area (Å²) >= 11 is 0. The molecule has 0 atom stereocenters. The lowest BCUT2D eigenvalue weighted by molar-refractivity contribution is -0.112. The van der Waals surface area contributed by atoms with Crippen LogP contribution in [0.25, 0.3) is 0 Å². The van der Waals surface area contributed by atoms with E-state index in [1.54, 1.807) is 13.0 Å². The van der Waals surface area contributed by atoms with Crippen LogP contribution in [0.2, 0.25) is 0 Å². The Morgan fingerprint density at radius 3 is 2.22 bits per heavy atom. The molecule has 0 aliphatic carbocycles. The van der Waals surface area contributed by atoms with Gasteiger partial charge in [0.25, 0.3) is 0 Å². The third-order valence-electron chi connectivity index (χ3n) is 0.860. The molecule has 0 unspecified atom stereocenters. The summed E-state index contributed by atoms with van der Waals surface area (Å²) in [6.07, 6.45) is 5.43. The molecule has 0 aromatic heterocycles. The fraction of sp³-hybridized carbons (Fsp3) is 0.375. The van der Waals surface area contributed by atoms with Crippen molar-refractivity contribution in [1.82, 2.24) is 0 Å². The number of ketones is 1. The lowest BCUT2D eigenvalue weighted by Gasteiger charge is -1.85. The van der Waals surface area contributed by atoms with Gasteiger partial charge in [-0.25, -0.2) is 0 Å². The van der Waals surface area contributed by atoms with E-state index in [0.29, 0.717) is 0 Å². The molecule has 0 aromatic carbocycles. The van der Waals surface area contributed by atoms with Crippen LogP contribution in [0, 0.1) is 0 Å². The van der Waals surface area contributed by atoms with Crippen molar-refractivity contribution in [2.75, 3.05) is 0 Å². The van der Waals surface area contributed by atoms with Gasteiger partial charge in [0.2, 0.25) is 0 Å². The standard InChI is InChI=1S/C8H12O/c1-4-5-7(2)6-8(3)9/h4-6H,1-3H3/b5-4+,7-6+. The molecular formula is C8H12O. The van der Waals surface area contributed by atoms with E-state index in [0.717, 1.165) is 5.57 Å². The highest BCUT2D eigenvalue weighted by atomic mass is 16.1. The Morgan fingerprint density at radius 1 is 1.33 bits per heavy atom. The highest BCUT2D eigenvalue weighted by molar-refractivity contribution is 5.88. The summed E-state index contributed by atoms with van der Waals surface area (Å²) in [6, 6.07) is 0. The summed E-state index contributed by atoms with van der Waals surface area (Å²) in [5.74, 6) is 0.102. The number of carbonyl (C=O) groups is 1. The van der Waals surface area contributed by atoms with Crippen LogP contribution in [-0.4, -0.2) is 5.78 Å². The van der Waals surface area contributed by atoms with Crippen molar-refractivity contribution < 1.29 is 4.79 Å². The van der Waals surface area contributed by atoms with Crippen LogP contribution < -0.4 is 0 Å². The summed E-state index contributed by atoms with van der Waals surface area (Å²) in [6.45, 7) is 5.38. The SMILES string of the molecule is C/C=C/C(C)=C/C(C)=O. The second-order valence-electron chi connectivity index (χ2n) is 2.00. The molecule has 50 valence electrons. The molecule has 0 rings (SSSR count). The average molecular weight is 124 g/mol. The molecule has 0 spiro atoms. The first-order valence-corrected chi connectivity index (χ1v) is 2.98. The molecule has 1 nitrogen and oxygen atoms in total. The largest absolute Gasteiger partial charge is 0.295 e. The maximum absolute atomic E-state index is 10.4. The van der Waals surface area contributed by atoms with Gasteiger partial charge in [0, 0.05) is 0 Å². The third-order valence-corrected chi connectivity index (χ3v) is 0.860. The van der Waals surface area contributed by atoms with Gasteiger partial charge in [-0.2, -0.15) is 0 Å². The molecule has 0 radical (unpaired) electrons. The number of hydrogen-bond donors (Lipinski definition) is 0. The maximum Gasteiger partial charge on any atom is 0.152 e. The molecule has 0 aromatic rings. The van der Waals surface area contributed by atoms with Gasteiger partial charge in [0.15, 0.2) is 5.78 Å². The Balaban J connectivity index is 4.00. The summed E-state index contributed by atoms with van der Waals surface area (Å²) in [7, 11) is 0. The van der Waals surface area contributed by atoms with E-state index < -0.39 is 0 Å². The monoisotopic (exact) mass is 124 g/mol. The number of allylic oxidation sites excluding steroid dienone is 4. The van der Waals surface area contributed by atoms with E-state index in [2.05, 4.69) is 0 Å². The van der Waals surface area contributed by atoms with Gasteiger partial charge in [-0.05, 0) is 32.4 Å². The third kappa shape index (κ3) is 5.01. The summed E-state index contributed by atoms with van der Waals surface area (Å²) < 4.78 is 0. The van der Waals surface area contributed by atoms with Gasteiger partial charge in [-0.15, -0.1) is 0 Å². The zero-order valence-electron chi connectivity index (χ0n) is 6.14. The van der Waals surface area contributed by atoms with Gasteiger partial charge >= 0.3 is 0 Å². The van der Waals surface area contributed by atoms with E-state index in [9.17, 15) is 4.79 Å². The Bertz CT molecular complexity index is 152. The Hall–Kier alpha value is -0.850. The lowest BCUT2D eigenvalue weighted by atomic mass is 10.2. The molecule has 0 aliphatic rings. The highest BCUT2D eigenvalue weighted by Gasteiger charge is 1.83. The molecule has 0 heterocycles. The molecule has 0 saturated carbocycles. The van der Waals surface area contributed by atoms with Gasteiger partial charge in [0.1, 0.15) is 0 Å². The highest BCUT2D eigenvalue weighted by Crippen LogP contribution is 1.93. The molecular weight excluding hydrogens is 112 g/mol. The minimum atomic E-state index is 0.102. The predicted molar refractivity (Wildman–Crippen MR) is 39.3 cm³/mol. The van der Waals surface area contributed by atoms with Gasteiger partial charge in [0.05, 0.1) is 0 Å². The lowest BCUT2D eigenvalue weighted by Crippen LogP contribution is -1.81. The molecule has 1 heteroatoms.